The largest absolute Gasteiger partial charge is 0.480 e. The summed E-state index contributed by atoms with van der Waals surface area (Å²) in [6, 6.07) is 0.274. The van der Waals surface area contributed by atoms with E-state index in [0.717, 1.165) is 25.8 Å². The molecule has 3 nitrogen and oxygen atoms in total. The van der Waals surface area contributed by atoms with Gasteiger partial charge < -0.3 is 5.11 Å². The summed E-state index contributed by atoms with van der Waals surface area (Å²) in [5.41, 5.74) is 0. The number of carbonyl (C=O) groups is 1. The van der Waals surface area contributed by atoms with E-state index in [1.54, 1.807) is 0 Å². The molecule has 1 N–H and O–H groups in total. The van der Waals surface area contributed by atoms with Crippen LogP contribution in [0.4, 0.5) is 0 Å². The first-order valence-corrected chi connectivity index (χ1v) is 4.69. The van der Waals surface area contributed by atoms with Gasteiger partial charge in [0.15, 0.2) is 0 Å². The predicted octanol–water partition coefficient (Wildman–Crippen LogP) is 1.33. The average Bonchev–Trinajstić information content (AvgIpc) is 2.46. The molecule has 1 rings (SSSR count). The van der Waals surface area contributed by atoms with Gasteiger partial charge >= 0.3 is 5.97 Å². The molecule has 0 aromatic rings. The van der Waals surface area contributed by atoms with Gasteiger partial charge in [-0.15, -0.1) is 0 Å². The third-order valence-electron chi connectivity index (χ3n) is 2.76. The molecule has 0 aromatic heterocycles. The van der Waals surface area contributed by atoms with Gasteiger partial charge in [-0.25, -0.2) is 0 Å². The van der Waals surface area contributed by atoms with Crippen molar-refractivity contribution in [1.29, 1.82) is 0 Å². The molecule has 0 saturated carbocycles. The van der Waals surface area contributed by atoms with Gasteiger partial charge in [0.25, 0.3) is 0 Å². The lowest BCUT2D eigenvalue weighted by Crippen LogP contribution is -2.40. The molecule has 1 fully saturated rings. The predicted molar refractivity (Wildman–Crippen MR) is 47.1 cm³/mol. The monoisotopic (exact) mass is 171 g/mol. The van der Waals surface area contributed by atoms with Crippen LogP contribution in [0.2, 0.25) is 0 Å². The van der Waals surface area contributed by atoms with Crippen LogP contribution in [0.15, 0.2) is 0 Å². The normalized spacial score (nSPS) is 30.8. The van der Waals surface area contributed by atoms with Crippen molar-refractivity contribution in [3.05, 3.63) is 0 Å². The number of likely N-dealkylation sites (N-methyl/N-ethyl adjacent to an activating group) is 1. The summed E-state index contributed by atoms with van der Waals surface area (Å²) >= 11 is 0. The Hall–Kier alpha value is -0.570. The second-order valence-electron chi connectivity index (χ2n) is 3.32. The van der Waals surface area contributed by atoms with Crippen molar-refractivity contribution < 1.29 is 9.90 Å². The van der Waals surface area contributed by atoms with Crippen LogP contribution in [0.5, 0.6) is 0 Å². The van der Waals surface area contributed by atoms with Crippen LogP contribution in [0.25, 0.3) is 0 Å². The molecule has 0 aromatic carbocycles. The van der Waals surface area contributed by atoms with Gasteiger partial charge in [0.1, 0.15) is 6.04 Å². The van der Waals surface area contributed by atoms with Crippen LogP contribution in [0.1, 0.15) is 33.1 Å². The summed E-state index contributed by atoms with van der Waals surface area (Å²) in [4.78, 5) is 12.9. The fraction of sp³-hybridized carbons (Fsp3) is 0.889. The van der Waals surface area contributed by atoms with Gasteiger partial charge in [-0.3, -0.25) is 9.69 Å². The molecule has 0 amide bonds. The molecular weight excluding hydrogens is 154 g/mol. The summed E-state index contributed by atoms with van der Waals surface area (Å²) < 4.78 is 0. The van der Waals surface area contributed by atoms with Crippen molar-refractivity contribution in [3.63, 3.8) is 0 Å². The Morgan fingerprint density at radius 3 is 2.58 bits per heavy atom. The first-order valence-electron chi connectivity index (χ1n) is 4.69. The SMILES string of the molecule is CCC1CC[C@@H](C(=O)O)N1CC. The standard InChI is InChI=1S/C9H17NO2/c1-3-7-5-6-8(9(11)12)10(7)4-2/h7-8H,3-6H2,1-2H3,(H,11,12)/t7?,8-/m0/s1. The first-order chi connectivity index (χ1) is 5.70. The number of carboxylic acid groups (broad SMARTS) is 1. The molecule has 2 atom stereocenters. The van der Waals surface area contributed by atoms with Gasteiger partial charge in [-0.2, -0.15) is 0 Å². The zero-order valence-electron chi connectivity index (χ0n) is 7.79. The minimum absolute atomic E-state index is 0.222. The van der Waals surface area contributed by atoms with Crippen molar-refractivity contribution in [2.75, 3.05) is 6.54 Å². The molecule has 1 aliphatic heterocycles. The molecule has 70 valence electrons. The molecule has 0 spiro atoms. The number of rotatable bonds is 3. The van der Waals surface area contributed by atoms with Crippen LogP contribution in [0, 0.1) is 0 Å². The Morgan fingerprint density at radius 1 is 1.50 bits per heavy atom. The smallest absolute Gasteiger partial charge is 0.320 e. The number of hydrogen-bond donors (Lipinski definition) is 1. The van der Waals surface area contributed by atoms with Gasteiger partial charge in [0, 0.05) is 6.04 Å². The van der Waals surface area contributed by atoms with Crippen molar-refractivity contribution in [3.8, 4) is 0 Å². The van der Waals surface area contributed by atoms with Crippen molar-refractivity contribution in [2.45, 2.75) is 45.2 Å². The molecule has 0 bridgehead atoms. The summed E-state index contributed by atoms with van der Waals surface area (Å²) in [7, 11) is 0. The van der Waals surface area contributed by atoms with E-state index in [2.05, 4.69) is 11.8 Å². The van der Waals surface area contributed by atoms with Crippen LogP contribution in [-0.4, -0.2) is 34.6 Å². The number of carboxylic acids is 1. The minimum atomic E-state index is -0.659. The second-order valence-corrected chi connectivity index (χ2v) is 3.32. The summed E-state index contributed by atoms with van der Waals surface area (Å²) in [6.07, 6.45) is 2.93. The van der Waals surface area contributed by atoms with Crippen LogP contribution >= 0.6 is 0 Å². The highest BCUT2D eigenvalue weighted by Gasteiger charge is 2.35. The zero-order chi connectivity index (χ0) is 9.14. The first kappa shape index (κ1) is 9.52. The van der Waals surface area contributed by atoms with Gasteiger partial charge in [-0.1, -0.05) is 13.8 Å². The highest BCUT2D eigenvalue weighted by molar-refractivity contribution is 5.73. The topological polar surface area (TPSA) is 40.5 Å². The van der Waals surface area contributed by atoms with Crippen molar-refractivity contribution >= 4 is 5.97 Å². The molecular formula is C9H17NO2. The third kappa shape index (κ3) is 1.61. The third-order valence-corrected chi connectivity index (χ3v) is 2.76. The van der Waals surface area contributed by atoms with E-state index in [0.29, 0.717) is 6.04 Å². The summed E-state index contributed by atoms with van der Waals surface area (Å²) in [5.74, 6) is -0.659. The quantitative estimate of drug-likeness (QED) is 0.696. The van der Waals surface area contributed by atoms with Gasteiger partial charge in [0.05, 0.1) is 0 Å². The number of hydrogen-bond acceptors (Lipinski definition) is 2. The Bertz CT molecular complexity index is 170. The van der Waals surface area contributed by atoms with E-state index >= 15 is 0 Å². The highest BCUT2D eigenvalue weighted by atomic mass is 16.4. The van der Waals surface area contributed by atoms with E-state index in [1.807, 2.05) is 6.92 Å². The van der Waals surface area contributed by atoms with E-state index in [-0.39, 0.29) is 6.04 Å². The Kier molecular flexibility index (Phi) is 3.09. The van der Waals surface area contributed by atoms with Crippen molar-refractivity contribution in [1.82, 2.24) is 4.90 Å². The van der Waals surface area contributed by atoms with E-state index in [9.17, 15) is 4.79 Å². The van der Waals surface area contributed by atoms with E-state index in [4.69, 9.17) is 5.11 Å². The van der Waals surface area contributed by atoms with Crippen molar-refractivity contribution in [2.24, 2.45) is 0 Å². The Balaban J connectivity index is 2.62. The van der Waals surface area contributed by atoms with Crippen LogP contribution < -0.4 is 0 Å². The molecule has 0 radical (unpaired) electrons. The zero-order valence-corrected chi connectivity index (χ0v) is 7.79. The lowest BCUT2D eigenvalue weighted by Gasteiger charge is -2.25. The molecule has 3 heteroatoms. The fourth-order valence-corrected chi connectivity index (χ4v) is 2.12. The molecule has 12 heavy (non-hydrogen) atoms. The maximum Gasteiger partial charge on any atom is 0.320 e. The second kappa shape index (κ2) is 3.90. The summed E-state index contributed by atoms with van der Waals surface area (Å²) in [6.45, 7) is 5.01. The molecule has 1 aliphatic rings. The highest BCUT2D eigenvalue weighted by Crippen LogP contribution is 2.25. The molecule has 1 unspecified atom stereocenters. The number of aliphatic carboxylic acids is 1. The number of likely N-dealkylation sites (tertiary alicyclic amines) is 1. The molecule has 0 aliphatic carbocycles. The van der Waals surface area contributed by atoms with E-state index in [1.165, 1.54) is 0 Å². The van der Waals surface area contributed by atoms with E-state index < -0.39 is 5.97 Å². The molecule has 1 heterocycles. The molecule has 1 saturated heterocycles. The summed E-state index contributed by atoms with van der Waals surface area (Å²) in [5, 5.41) is 8.89. The van der Waals surface area contributed by atoms with Crippen LogP contribution in [0.3, 0.4) is 0 Å². The maximum absolute atomic E-state index is 10.8. The van der Waals surface area contributed by atoms with Gasteiger partial charge in [-0.05, 0) is 25.8 Å². The Morgan fingerprint density at radius 2 is 2.17 bits per heavy atom. The Labute approximate surface area is 73.4 Å². The number of nitrogens with zero attached hydrogens (tertiary/aromatic N) is 1. The minimum Gasteiger partial charge on any atom is -0.480 e. The average molecular weight is 171 g/mol. The van der Waals surface area contributed by atoms with Gasteiger partial charge in [0.2, 0.25) is 0 Å². The lowest BCUT2D eigenvalue weighted by atomic mass is 10.1. The fourth-order valence-electron chi connectivity index (χ4n) is 2.12. The lowest BCUT2D eigenvalue weighted by molar-refractivity contribution is -0.142. The van der Waals surface area contributed by atoms with Crippen LogP contribution in [-0.2, 0) is 4.79 Å². The maximum atomic E-state index is 10.8.